The quantitative estimate of drug-likeness (QED) is 0.606. The molecule has 0 bridgehead atoms. The third kappa shape index (κ3) is 4.15. The molecule has 1 aliphatic rings. The predicted molar refractivity (Wildman–Crippen MR) is 56.7 cm³/mol. The van der Waals surface area contributed by atoms with Crippen molar-refractivity contribution in [2.45, 2.75) is 12.5 Å². The summed E-state index contributed by atoms with van der Waals surface area (Å²) in [5.41, 5.74) is 0. The molecular weight excluding hydrogens is 196 g/mol. The van der Waals surface area contributed by atoms with Crippen LogP contribution in [-0.4, -0.2) is 63.9 Å². The Morgan fingerprint density at radius 2 is 2.47 bits per heavy atom. The highest BCUT2D eigenvalue weighted by molar-refractivity contribution is 5.78. The minimum absolute atomic E-state index is 0.0819. The summed E-state index contributed by atoms with van der Waals surface area (Å²) >= 11 is 0. The van der Waals surface area contributed by atoms with E-state index < -0.39 is 0 Å². The molecule has 0 aromatic carbocycles. The first kappa shape index (κ1) is 12.4. The van der Waals surface area contributed by atoms with Crippen LogP contribution in [-0.2, 0) is 14.3 Å². The van der Waals surface area contributed by atoms with Gasteiger partial charge >= 0.3 is 0 Å². The summed E-state index contributed by atoms with van der Waals surface area (Å²) < 4.78 is 10.3. The lowest BCUT2D eigenvalue weighted by molar-refractivity contribution is -0.148. The Balaban J connectivity index is 2.29. The maximum atomic E-state index is 11.5. The molecule has 0 aromatic heterocycles. The Morgan fingerprint density at radius 3 is 3.13 bits per heavy atom. The molecule has 1 atom stereocenters. The van der Waals surface area contributed by atoms with Crippen LogP contribution < -0.4 is 5.32 Å². The zero-order chi connectivity index (χ0) is 11.1. The van der Waals surface area contributed by atoms with Crippen LogP contribution in [0.15, 0.2) is 0 Å². The molecule has 0 aliphatic carbocycles. The first-order valence-electron chi connectivity index (χ1n) is 5.31. The van der Waals surface area contributed by atoms with Crippen LogP contribution in [0.1, 0.15) is 6.42 Å². The third-order valence-corrected chi connectivity index (χ3v) is 2.43. The lowest BCUT2D eigenvalue weighted by Crippen LogP contribution is -2.49. The van der Waals surface area contributed by atoms with Crippen molar-refractivity contribution in [2.75, 3.05) is 47.0 Å². The summed E-state index contributed by atoms with van der Waals surface area (Å²) in [7, 11) is 3.56. The standard InChI is InChI=1S/C10H20N2O3/c1-11-6-9-7-12(4-3-5-14-2)10(13)8-15-9/h9,11H,3-8H2,1-2H3. The van der Waals surface area contributed by atoms with Crippen LogP contribution in [0.5, 0.6) is 0 Å². The number of ether oxygens (including phenoxy) is 2. The molecule has 5 nitrogen and oxygen atoms in total. The number of nitrogens with one attached hydrogen (secondary N) is 1. The first-order chi connectivity index (χ1) is 7.27. The number of nitrogens with zero attached hydrogens (tertiary/aromatic N) is 1. The van der Waals surface area contributed by atoms with Gasteiger partial charge in [-0.05, 0) is 13.5 Å². The van der Waals surface area contributed by atoms with Crippen molar-refractivity contribution in [1.29, 1.82) is 0 Å². The van der Waals surface area contributed by atoms with Gasteiger partial charge in [0.1, 0.15) is 6.61 Å². The Labute approximate surface area is 90.7 Å². The average molecular weight is 216 g/mol. The summed E-state index contributed by atoms with van der Waals surface area (Å²) in [5.74, 6) is 0.0819. The van der Waals surface area contributed by atoms with E-state index >= 15 is 0 Å². The van der Waals surface area contributed by atoms with E-state index in [9.17, 15) is 4.79 Å². The fourth-order valence-corrected chi connectivity index (χ4v) is 1.65. The zero-order valence-corrected chi connectivity index (χ0v) is 9.49. The monoisotopic (exact) mass is 216 g/mol. The van der Waals surface area contributed by atoms with Crippen molar-refractivity contribution in [3.05, 3.63) is 0 Å². The number of carbonyl (C=O) groups excluding carboxylic acids is 1. The molecule has 1 rings (SSSR count). The van der Waals surface area contributed by atoms with Crippen LogP contribution in [0.3, 0.4) is 0 Å². The van der Waals surface area contributed by atoms with Gasteiger partial charge in [-0.3, -0.25) is 4.79 Å². The molecule has 1 saturated heterocycles. The topological polar surface area (TPSA) is 50.8 Å². The van der Waals surface area contributed by atoms with Gasteiger partial charge in [0.25, 0.3) is 0 Å². The normalized spacial score (nSPS) is 22.1. The van der Waals surface area contributed by atoms with Crippen molar-refractivity contribution in [1.82, 2.24) is 10.2 Å². The van der Waals surface area contributed by atoms with Crippen molar-refractivity contribution in [2.24, 2.45) is 0 Å². The third-order valence-electron chi connectivity index (χ3n) is 2.43. The van der Waals surface area contributed by atoms with Crippen LogP contribution >= 0.6 is 0 Å². The van der Waals surface area contributed by atoms with Crippen LogP contribution in [0.25, 0.3) is 0 Å². The molecule has 88 valence electrons. The number of rotatable bonds is 6. The number of morpholine rings is 1. The van der Waals surface area contributed by atoms with E-state index in [1.54, 1.807) is 7.11 Å². The number of carbonyl (C=O) groups is 1. The average Bonchev–Trinajstić information content (AvgIpc) is 2.23. The first-order valence-corrected chi connectivity index (χ1v) is 5.31. The molecule has 5 heteroatoms. The largest absolute Gasteiger partial charge is 0.385 e. The molecule has 0 saturated carbocycles. The molecule has 1 N–H and O–H groups in total. The molecule has 1 fully saturated rings. The molecule has 0 radical (unpaired) electrons. The molecular formula is C10H20N2O3. The zero-order valence-electron chi connectivity index (χ0n) is 9.49. The number of likely N-dealkylation sites (N-methyl/N-ethyl adjacent to an activating group) is 1. The van der Waals surface area contributed by atoms with Crippen LogP contribution in [0.2, 0.25) is 0 Å². The lowest BCUT2D eigenvalue weighted by atomic mass is 10.2. The Bertz CT molecular complexity index is 199. The Kier molecular flexibility index (Phi) is 5.60. The summed E-state index contributed by atoms with van der Waals surface area (Å²) in [6.45, 7) is 3.13. The molecule has 0 spiro atoms. The van der Waals surface area contributed by atoms with Crippen molar-refractivity contribution < 1.29 is 14.3 Å². The second-order valence-electron chi connectivity index (χ2n) is 3.68. The van der Waals surface area contributed by atoms with Gasteiger partial charge in [-0.1, -0.05) is 0 Å². The van der Waals surface area contributed by atoms with Gasteiger partial charge in [0.15, 0.2) is 0 Å². The summed E-state index contributed by atoms with van der Waals surface area (Å²) in [6.07, 6.45) is 1.00. The molecule has 0 aromatic rings. The van der Waals surface area contributed by atoms with Crippen molar-refractivity contribution in [3.8, 4) is 0 Å². The molecule has 1 amide bonds. The minimum atomic E-state index is 0.0819. The smallest absolute Gasteiger partial charge is 0.248 e. The molecule has 1 aliphatic heterocycles. The fraction of sp³-hybridized carbons (Fsp3) is 0.900. The van der Waals surface area contributed by atoms with Gasteiger partial charge in [-0.2, -0.15) is 0 Å². The summed E-state index contributed by atoms with van der Waals surface area (Å²) in [5, 5.41) is 3.05. The van der Waals surface area contributed by atoms with Gasteiger partial charge in [0.2, 0.25) is 5.91 Å². The van der Waals surface area contributed by atoms with Gasteiger partial charge in [0.05, 0.1) is 6.10 Å². The van der Waals surface area contributed by atoms with Gasteiger partial charge < -0.3 is 19.7 Å². The number of hydrogen-bond donors (Lipinski definition) is 1. The van der Waals surface area contributed by atoms with E-state index in [-0.39, 0.29) is 18.6 Å². The molecule has 15 heavy (non-hydrogen) atoms. The van der Waals surface area contributed by atoms with E-state index in [0.717, 1.165) is 19.5 Å². The highest BCUT2D eigenvalue weighted by Gasteiger charge is 2.24. The molecule has 1 heterocycles. The predicted octanol–water partition coefficient (Wildman–Crippen LogP) is -0.530. The van der Waals surface area contributed by atoms with Crippen molar-refractivity contribution in [3.63, 3.8) is 0 Å². The van der Waals surface area contributed by atoms with E-state index in [2.05, 4.69) is 5.32 Å². The van der Waals surface area contributed by atoms with Gasteiger partial charge in [0, 0.05) is 33.4 Å². The maximum Gasteiger partial charge on any atom is 0.248 e. The summed E-state index contributed by atoms with van der Waals surface area (Å²) in [4.78, 5) is 13.3. The summed E-state index contributed by atoms with van der Waals surface area (Å²) in [6, 6.07) is 0. The van der Waals surface area contributed by atoms with E-state index in [4.69, 9.17) is 9.47 Å². The number of methoxy groups -OCH3 is 1. The highest BCUT2D eigenvalue weighted by atomic mass is 16.5. The second-order valence-corrected chi connectivity index (χ2v) is 3.68. The van der Waals surface area contributed by atoms with Crippen LogP contribution in [0, 0.1) is 0 Å². The number of hydrogen-bond acceptors (Lipinski definition) is 4. The molecule has 1 unspecified atom stereocenters. The SMILES string of the molecule is CNCC1CN(CCCOC)C(=O)CO1. The fourth-order valence-electron chi connectivity index (χ4n) is 1.65. The minimum Gasteiger partial charge on any atom is -0.385 e. The van der Waals surface area contributed by atoms with Crippen molar-refractivity contribution >= 4 is 5.91 Å². The number of amides is 1. The Morgan fingerprint density at radius 1 is 1.67 bits per heavy atom. The van der Waals surface area contributed by atoms with E-state index in [1.807, 2.05) is 11.9 Å². The van der Waals surface area contributed by atoms with E-state index in [1.165, 1.54) is 0 Å². The Hall–Kier alpha value is -0.650. The van der Waals surface area contributed by atoms with Gasteiger partial charge in [-0.25, -0.2) is 0 Å². The van der Waals surface area contributed by atoms with E-state index in [0.29, 0.717) is 13.2 Å². The van der Waals surface area contributed by atoms with Gasteiger partial charge in [-0.15, -0.1) is 0 Å². The lowest BCUT2D eigenvalue weighted by Gasteiger charge is -2.32. The maximum absolute atomic E-state index is 11.5. The highest BCUT2D eigenvalue weighted by Crippen LogP contribution is 2.06. The second kappa shape index (κ2) is 6.76. The van der Waals surface area contributed by atoms with Crippen LogP contribution in [0.4, 0.5) is 0 Å².